The average molecular weight is 342 g/mol. The number of amides is 1. The highest BCUT2D eigenvalue weighted by Crippen LogP contribution is 2.38. The SMILES string of the molecule is O=C(C1CCNN1)N1CCN(C(c2ccccc2)C(F)(F)F)CC1. The smallest absolute Gasteiger partial charge is 0.339 e. The van der Waals surface area contributed by atoms with Gasteiger partial charge in [0.25, 0.3) is 0 Å². The van der Waals surface area contributed by atoms with Crippen LogP contribution in [0.4, 0.5) is 13.2 Å². The molecule has 5 nitrogen and oxygen atoms in total. The number of nitrogens with zero attached hydrogens (tertiary/aromatic N) is 2. The lowest BCUT2D eigenvalue weighted by Crippen LogP contribution is -2.55. The molecule has 132 valence electrons. The molecule has 2 heterocycles. The van der Waals surface area contributed by atoms with Crippen LogP contribution >= 0.6 is 0 Å². The van der Waals surface area contributed by atoms with Gasteiger partial charge in [0.1, 0.15) is 12.1 Å². The first-order valence-electron chi connectivity index (χ1n) is 8.09. The van der Waals surface area contributed by atoms with Gasteiger partial charge in [-0.1, -0.05) is 30.3 Å². The van der Waals surface area contributed by atoms with Crippen molar-refractivity contribution in [3.05, 3.63) is 35.9 Å². The molecule has 2 aliphatic heterocycles. The van der Waals surface area contributed by atoms with Crippen LogP contribution < -0.4 is 10.9 Å². The van der Waals surface area contributed by atoms with Crippen LogP contribution in [0.2, 0.25) is 0 Å². The second-order valence-electron chi connectivity index (χ2n) is 6.13. The molecule has 8 heteroatoms. The molecule has 2 aliphatic rings. The maximum absolute atomic E-state index is 13.6. The molecule has 2 unspecified atom stereocenters. The van der Waals surface area contributed by atoms with Gasteiger partial charge in [-0.25, -0.2) is 5.43 Å². The summed E-state index contributed by atoms with van der Waals surface area (Å²) < 4.78 is 40.7. The molecule has 1 aromatic carbocycles. The van der Waals surface area contributed by atoms with Gasteiger partial charge in [0.15, 0.2) is 0 Å². The Hall–Kier alpha value is -1.64. The van der Waals surface area contributed by atoms with Gasteiger partial charge in [-0.05, 0) is 12.0 Å². The number of hydrazine groups is 1. The topological polar surface area (TPSA) is 47.6 Å². The molecule has 2 fully saturated rings. The molecule has 0 bridgehead atoms. The highest BCUT2D eigenvalue weighted by molar-refractivity contribution is 5.82. The van der Waals surface area contributed by atoms with Gasteiger partial charge in [-0.2, -0.15) is 13.2 Å². The Kier molecular flexibility index (Phi) is 5.07. The summed E-state index contributed by atoms with van der Waals surface area (Å²) in [6, 6.07) is 6.05. The number of benzene rings is 1. The predicted octanol–water partition coefficient (Wildman–Crippen LogP) is 1.30. The number of alkyl halides is 3. The summed E-state index contributed by atoms with van der Waals surface area (Å²) in [6.07, 6.45) is -3.64. The van der Waals surface area contributed by atoms with Crippen molar-refractivity contribution in [2.75, 3.05) is 32.7 Å². The molecule has 0 radical (unpaired) electrons. The molecule has 1 amide bonds. The Labute approximate surface area is 138 Å². The van der Waals surface area contributed by atoms with E-state index in [0.717, 1.165) is 6.54 Å². The van der Waals surface area contributed by atoms with Crippen LogP contribution in [-0.4, -0.2) is 60.6 Å². The first-order valence-corrected chi connectivity index (χ1v) is 8.09. The standard InChI is InChI=1S/C16H21F3N4O/c17-16(18,19)14(12-4-2-1-3-5-12)22-8-10-23(11-9-22)15(24)13-6-7-20-21-13/h1-5,13-14,20-21H,6-11H2. The van der Waals surface area contributed by atoms with Crippen molar-refractivity contribution in [2.45, 2.75) is 24.7 Å². The molecule has 3 rings (SSSR count). The molecule has 2 atom stereocenters. The number of nitrogens with one attached hydrogen (secondary N) is 2. The number of rotatable bonds is 3. The van der Waals surface area contributed by atoms with Crippen LogP contribution in [0, 0.1) is 0 Å². The highest BCUT2D eigenvalue weighted by atomic mass is 19.4. The third-order valence-corrected chi connectivity index (χ3v) is 4.55. The van der Waals surface area contributed by atoms with E-state index in [1.54, 1.807) is 23.1 Å². The molecule has 0 aliphatic carbocycles. The molecule has 0 saturated carbocycles. The lowest BCUT2D eigenvalue weighted by molar-refractivity contribution is -0.190. The minimum atomic E-state index is -4.34. The zero-order valence-corrected chi connectivity index (χ0v) is 13.2. The van der Waals surface area contributed by atoms with Crippen LogP contribution in [0.3, 0.4) is 0 Å². The van der Waals surface area contributed by atoms with Gasteiger partial charge >= 0.3 is 6.18 Å². The largest absolute Gasteiger partial charge is 0.408 e. The normalized spacial score (nSPS) is 24.1. The number of carbonyl (C=O) groups is 1. The van der Waals surface area contributed by atoms with Crippen molar-refractivity contribution in [3.8, 4) is 0 Å². The molecule has 2 N–H and O–H groups in total. The minimum absolute atomic E-state index is 0.0390. The number of hydrogen-bond acceptors (Lipinski definition) is 4. The van der Waals surface area contributed by atoms with E-state index in [1.807, 2.05) is 0 Å². The molecule has 2 saturated heterocycles. The molecule has 0 aromatic heterocycles. The Balaban J connectivity index is 1.66. The van der Waals surface area contributed by atoms with Gasteiger partial charge in [0.05, 0.1) is 0 Å². The molecule has 0 spiro atoms. The van der Waals surface area contributed by atoms with Gasteiger partial charge in [-0.15, -0.1) is 0 Å². The van der Waals surface area contributed by atoms with Crippen molar-refractivity contribution >= 4 is 5.91 Å². The van der Waals surface area contributed by atoms with Crippen molar-refractivity contribution in [1.29, 1.82) is 0 Å². The maximum Gasteiger partial charge on any atom is 0.408 e. The van der Waals surface area contributed by atoms with E-state index in [-0.39, 0.29) is 30.6 Å². The summed E-state index contributed by atoms with van der Waals surface area (Å²) in [5, 5.41) is 0. The second-order valence-corrected chi connectivity index (χ2v) is 6.13. The molecular weight excluding hydrogens is 321 g/mol. The van der Waals surface area contributed by atoms with Crippen molar-refractivity contribution in [1.82, 2.24) is 20.7 Å². The Bertz CT molecular complexity index is 552. The molecular formula is C16H21F3N4O. The van der Waals surface area contributed by atoms with Crippen molar-refractivity contribution < 1.29 is 18.0 Å². The molecule has 24 heavy (non-hydrogen) atoms. The average Bonchev–Trinajstić information content (AvgIpc) is 3.09. The van der Waals surface area contributed by atoms with E-state index < -0.39 is 12.2 Å². The Morgan fingerprint density at radius 3 is 2.33 bits per heavy atom. The Morgan fingerprint density at radius 1 is 1.12 bits per heavy atom. The summed E-state index contributed by atoms with van der Waals surface area (Å²) in [4.78, 5) is 15.4. The van der Waals surface area contributed by atoms with E-state index in [2.05, 4.69) is 10.9 Å². The van der Waals surface area contributed by atoms with Crippen LogP contribution in [0.25, 0.3) is 0 Å². The fourth-order valence-corrected chi connectivity index (χ4v) is 3.33. The fraction of sp³-hybridized carbons (Fsp3) is 0.562. The van der Waals surface area contributed by atoms with E-state index >= 15 is 0 Å². The summed E-state index contributed by atoms with van der Waals surface area (Å²) in [5.74, 6) is -0.0390. The van der Waals surface area contributed by atoms with E-state index in [4.69, 9.17) is 0 Å². The number of hydrogen-bond donors (Lipinski definition) is 2. The quantitative estimate of drug-likeness (QED) is 0.869. The Morgan fingerprint density at radius 2 is 1.79 bits per heavy atom. The summed E-state index contributed by atoms with van der Waals surface area (Å²) in [5.41, 5.74) is 6.05. The summed E-state index contributed by atoms with van der Waals surface area (Å²) >= 11 is 0. The van der Waals surface area contributed by atoms with Crippen LogP contribution in [0.15, 0.2) is 30.3 Å². The lowest BCUT2D eigenvalue weighted by Gasteiger charge is -2.40. The van der Waals surface area contributed by atoms with Gasteiger partial charge in [0.2, 0.25) is 5.91 Å². The fourth-order valence-electron chi connectivity index (χ4n) is 3.33. The number of carbonyl (C=O) groups excluding carboxylic acids is 1. The monoisotopic (exact) mass is 342 g/mol. The first kappa shape index (κ1) is 17.2. The van der Waals surface area contributed by atoms with Gasteiger partial charge in [-0.3, -0.25) is 15.1 Å². The summed E-state index contributed by atoms with van der Waals surface area (Å²) in [7, 11) is 0. The third kappa shape index (κ3) is 3.71. The predicted molar refractivity (Wildman–Crippen MR) is 82.9 cm³/mol. The van der Waals surface area contributed by atoms with E-state index in [1.165, 1.54) is 17.0 Å². The number of halogens is 3. The molecule has 1 aromatic rings. The zero-order valence-electron chi connectivity index (χ0n) is 13.2. The minimum Gasteiger partial charge on any atom is -0.339 e. The van der Waals surface area contributed by atoms with Gasteiger partial charge < -0.3 is 4.90 Å². The lowest BCUT2D eigenvalue weighted by atomic mass is 10.0. The van der Waals surface area contributed by atoms with Gasteiger partial charge in [0, 0.05) is 32.7 Å². The summed E-state index contributed by atoms with van der Waals surface area (Å²) in [6.45, 7) is 1.78. The maximum atomic E-state index is 13.6. The highest BCUT2D eigenvalue weighted by Gasteiger charge is 2.45. The van der Waals surface area contributed by atoms with Crippen LogP contribution in [-0.2, 0) is 4.79 Å². The van der Waals surface area contributed by atoms with Crippen molar-refractivity contribution in [3.63, 3.8) is 0 Å². The van der Waals surface area contributed by atoms with Crippen molar-refractivity contribution in [2.24, 2.45) is 0 Å². The second kappa shape index (κ2) is 7.08. The zero-order chi connectivity index (χ0) is 17.2. The van der Waals surface area contributed by atoms with Crippen LogP contribution in [0.5, 0.6) is 0 Å². The third-order valence-electron chi connectivity index (χ3n) is 4.55. The number of piperazine rings is 1. The van der Waals surface area contributed by atoms with E-state index in [9.17, 15) is 18.0 Å². The first-order chi connectivity index (χ1) is 11.5. The van der Waals surface area contributed by atoms with E-state index in [0.29, 0.717) is 19.5 Å². The van der Waals surface area contributed by atoms with Crippen LogP contribution in [0.1, 0.15) is 18.0 Å².